The molecule has 1 aromatic heterocycles. The van der Waals surface area contributed by atoms with Crippen molar-refractivity contribution in [2.75, 3.05) is 0 Å². The number of H-pyrrole nitrogens is 2. The van der Waals surface area contributed by atoms with Gasteiger partial charge in [0, 0.05) is 0 Å². The quantitative estimate of drug-likeness (QED) is 0.612. The first-order valence-corrected chi connectivity index (χ1v) is 3.87. The summed E-state index contributed by atoms with van der Waals surface area (Å²) in [5.41, 5.74) is -0.221. The number of hydrogen-bond acceptors (Lipinski definition) is 3. The van der Waals surface area contributed by atoms with Crippen molar-refractivity contribution < 1.29 is 0 Å². The van der Waals surface area contributed by atoms with Crippen molar-refractivity contribution in [1.82, 2.24) is 9.97 Å². The van der Waals surface area contributed by atoms with Crippen LogP contribution in [0.15, 0.2) is 27.8 Å². The molecule has 0 radical (unpaired) electrons. The average molecular weight is 187 g/mol. The minimum Gasteiger partial charge on any atom is -0.307 e. The van der Waals surface area contributed by atoms with E-state index in [-0.39, 0.29) is 0 Å². The van der Waals surface area contributed by atoms with Gasteiger partial charge in [-0.25, -0.2) is 4.79 Å². The van der Waals surface area contributed by atoms with Crippen LogP contribution in [-0.4, -0.2) is 9.97 Å². The lowest BCUT2D eigenvalue weighted by Gasteiger charge is -1.95. The Morgan fingerprint density at radius 3 is 2.71 bits per heavy atom. The van der Waals surface area contributed by atoms with Gasteiger partial charge in [-0.3, -0.25) is 9.78 Å². The van der Waals surface area contributed by atoms with E-state index in [1.54, 1.807) is 0 Å². The predicted octanol–water partition coefficient (Wildman–Crippen LogP) is 0.0881. The summed E-state index contributed by atoms with van der Waals surface area (Å²) in [7, 11) is 0. The van der Waals surface area contributed by atoms with E-state index in [2.05, 4.69) is 9.97 Å². The van der Waals surface area contributed by atoms with Crippen LogP contribution in [0.3, 0.4) is 0 Å². The Kier molecular flexibility index (Phi) is 1.68. The van der Waals surface area contributed by atoms with E-state index in [0.717, 1.165) is 0 Å². The molecular formula is C9H5N3O2. The minimum atomic E-state index is -0.549. The van der Waals surface area contributed by atoms with Crippen LogP contribution < -0.4 is 11.2 Å². The third kappa shape index (κ3) is 1.19. The molecule has 0 fully saturated rings. The number of rotatable bonds is 0. The molecular weight excluding hydrogens is 182 g/mol. The molecule has 5 heteroatoms. The van der Waals surface area contributed by atoms with Crippen molar-refractivity contribution in [2.45, 2.75) is 0 Å². The summed E-state index contributed by atoms with van der Waals surface area (Å²) < 4.78 is 0. The lowest BCUT2D eigenvalue weighted by molar-refractivity contribution is 1.08. The number of fused-ring (bicyclic) bond motifs is 1. The molecule has 0 bridgehead atoms. The summed E-state index contributed by atoms with van der Waals surface area (Å²) in [4.78, 5) is 26.7. The number of benzene rings is 1. The summed E-state index contributed by atoms with van der Waals surface area (Å²) in [5.74, 6) is 0. The van der Waals surface area contributed by atoms with Gasteiger partial charge in [0.1, 0.15) is 0 Å². The van der Waals surface area contributed by atoms with Crippen LogP contribution in [0.4, 0.5) is 0 Å². The first-order chi connectivity index (χ1) is 6.70. The Morgan fingerprint density at radius 2 is 2.00 bits per heavy atom. The third-order valence-electron chi connectivity index (χ3n) is 1.87. The van der Waals surface area contributed by atoms with Crippen LogP contribution >= 0.6 is 0 Å². The van der Waals surface area contributed by atoms with Crippen molar-refractivity contribution in [1.29, 1.82) is 5.26 Å². The molecule has 0 saturated heterocycles. The predicted molar refractivity (Wildman–Crippen MR) is 49.9 cm³/mol. The molecule has 2 N–H and O–H groups in total. The zero-order valence-corrected chi connectivity index (χ0v) is 7.00. The molecule has 0 unspecified atom stereocenters. The Morgan fingerprint density at radius 1 is 1.21 bits per heavy atom. The highest BCUT2D eigenvalue weighted by Gasteiger charge is 2.00. The Hall–Kier alpha value is -2.35. The maximum atomic E-state index is 11.3. The maximum Gasteiger partial charge on any atom is 0.326 e. The zero-order chi connectivity index (χ0) is 10.1. The Bertz CT molecular complexity index is 645. The molecule has 0 aliphatic rings. The number of nitriles is 1. The van der Waals surface area contributed by atoms with Crippen molar-refractivity contribution in [2.24, 2.45) is 0 Å². The normalized spacial score (nSPS) is 9.93. The monoisotopic (exact) mass is 187 g/mol. The van der Waals surface area contributed by atoms with Crippen LogP contribution in [-0.2, 0) is 0 Å². The molecule has 0 aliphatic heterocycles. The number of nitrogens with one attached hydrogen (secondary N) is 2. The van der Waals surface area contributed by atoms with Crippen LogP contribution in [0.25, 0.3) is 10.9 Å². The minimum absolute atomic E-state index is 0.309. The fourth-order valence-electron chi connectivity index (χ4n) is 1.23. The van der Waals surface area contributed by atoms with E-state index in [9.17, 15) is 9.59 Å². The third-order valence-corrected chi connectivity index (χ3v) is 1.87. The maximum absolute atomic E-state index is 11.3. The van der Waals surface area contributed by atoms with Crippen LogP contribution in [0, 0.1) is 11.3 Å². The van der Waals surface area contributed by atoms with E-state index in [0.29, 0.717) is 16.5 Å². The van der Waals surface area contributed by atoms with Crippen LogP contribution in [0.2, 0.25) is 0 Å². The van der Waals surface area contributed by atoms with E-state index in [4.69, 9.17) is 5.26 Å². The zero-order valence-electron chi connectivity index (χ0n) is 7.00. The second-order valence-electron chi connectivity index (χ2n) is 2.78. The molecule has 1 aromatic carbocycles. The number of nitrogens with zero attached hydrogens (tertiary/aromatic N) is 1. The topological polar surface area (TPSA) is 89.5 Å². The van der Waals surface area contributed by atoms with Gasteiger partial charge in [-0.2, -0.15) is 5.26 Å². The van der Waals surface area contributed by atoms with Gasteiger partial charge in [-0.1, -0.05) is 0 Å². The molecule has 68 valence electrons. The summed E-state index contributed by atoms with van der Waals surface area (Å²) in [6.07, 6.45) is 0. The van der Waals surface area contributed by atoms with Gasteiger partial charge in [0.25, 0.3) is 5.56 Å². The average Bonchev–Trinajstić information content (AvgIpc) is 2.17. The molecule has 2 rings (SSSR count). The van der Waals surface area contributed by atoms with Crippen molar-refractivity contribution in [3.63, 3.8) is 0 Å². The second kappa shape index (κ2) is 2.85. The molecule has 14 heavy (non-hydrogen) atoms. The lowest BCUT2D eigenvalue weighted by atomic mass is 10.2. The Balaban J connectivity index is 2.98. The van der Waals surface area contributed by atoms with Crippen LogP contribution in [0.5, 0.6) is 0 Å². The Labute approximate surface area is 77.6 Å². The fraction of sp³-hybridized carbons (Fsp3) is 0. The standard InChI is InChI=1S/C9H5N3O2/c10-4-5-1-2-7-6(3-5)8(13)12-9(14)11-7/h1-3H,(H2,11,12,13,14). The highest BCUT2D eigenvalue weighted by atomic mass is 16.2. The SMILES string of the molecule is N#Cc1ccc2[nH]c(=O)[nH]c(=O)c2c1. The molecule has 5 nitrogen and oxygen atoms in total. The van der Waals surface area contributed by atoms with E-state index in [1.807, 2.05) is 6.07 Å². The van der Waals surface area contributed by atoms with Gasteiger partial charge in [0.2, 0.25) is 0 Å². The van der Waals surface area contributed by atoms with Crippen molar-refractivity contribution in [3.05, 3.63) is 44.6 Å². The lowest BCUT2D eigenvalue weighted by Crippen LogP contribution is -2.21. The molecule has 2 aromatic rings. The largest absolute Gasteiger partial charge is 0.326 e. The van der Waals surface area contributed by atoms with Gasteiger partial charge < -0.3 is 4.98 Å². The number of aromatic amines is 2. The van der Waals surface area contributed by atoms with Gasteiger partial charge in [0.15, 0.2) is 0 Å². The summed E-state index contributed by atoms with van der Waals surface area (Å²) in [6, 6.07) is 6.42. The molecule has 0 saturated carbocycles. The smallest absolute Gasteiger partial charge is 0.307 e. The summed E-state index contributed by atoms with van der Waals surface area (Å²) >= 11 is 0. The fourth-order valence-corrected chi connectivity index (χ4v) is 1.23. The molecule has 0 amide bonds. The number of aromatic nitrogens is 2. The first kappa shape index (κ1) is 8.26. The van der Waals surface area contributed by atoms with Gasteiger partial charge in [0.05, 0.1) is 22.5 Å². The highest BCUT2D eigenvalue weighted by molar-refractivity contribution is 5.78. The molecule has 0 aliphatic carbocycles. The first-order valence-electron chi connectivity index (χ1n) is 3.87. The van der Waals surface area contributed by atoms with Gasteiger partial charge >= 0.3 is 5.69 Å². The number of hydrogen-bond donors (Lipinski definition) is 2. The van der Waals surface area contributed by atoms with Gasteiger partial charge in [-0.05, 0) is 18.2 Å². The highest BCUT2D eigenvalue weighted by Crippen LogP contribution is 2.06. The van der Waals surface area contributed by atoms with E-state index >= 15 is 0 Å². The molecule has 0 spiro atoms. The van der Waals surface area contributed by atoms with E-state index in [1.165, 1.54) is 18.2 Å². The molecule has 1 heterocycles. The van der Waals surface area contributed by atoms with E-state index < -0.39 is 11.2 Å². The van der Waals surface area contributed by atoms with Crippen molar-refractivity contribution in [3.8, 4) is 6.07 Å². The van der Waals surface area contributed by atoms with Crippen LogP contribution in [0.1, 0.15) is 5.56 Å². The summed E-state index contributed by atoms with van der Waals surface area (Å²) in [5, 5.41) is 8.92. The van der Waals surface area contributed by atoms with Gasteiger partial charge in [-0.15, -0.1) is 0 Å². The second-order valence-corrected chi connectivity index (χ2v) is 2.78. The molecule has 0 atom stereocenters. The van der Waals surface area contributed by atoms with Crippen molar-refractivity contribution >= 4 is 10.9 Å². The summed E-state index contributed by atoms with van der Waals surface area (Å²) in [6.45, 7) is 0.